The van der Waals surface area contributed by atoms with Gasteiger partial charge in [-0.1, -0.05) is 29.8 Å². The van der Waals surface area contributed by atoms with Crippen molar-refractivity contribution in [3.63, 3.8) is 0 Å². The highest BCUT2D eigenvalue weighted by atomic mass is 32.1. The summed E-state index contributed by atoms with van der Waals surface area (Å²) < 4.78 is 5.21. The third-order valence-corrected chi connectivity index (χ3v) is 3.33. The Balaban J connectivity index is 1.83. The number of carbonyl (C=O) groups excluding carboxylic acids is 1. The van der Waals surface area contributed by atoms with Gasteiger partial charge in [0.2, 0.25) is 0 Å². The van der Waals surface area contributed by atoms with E-state index in [9.17, 15) is 4.79 Å². The summed E-state index contributed by atoms with van der Waals surface area (Å²) in [5.74, 6) is -0.235. The van der Waals surface area contributed by atoms with Crippen LogP contribution in [0, 0.1) is 13.8 Å². The number of thiazole rings is 1. The first-order valence-corrected chi connectivity index (χ1v) is 6.63. The van der Waals surface area contributed by atoms with E-state index in [1.54, 1.807) is 11.3 Å². The van der Waals surface area contributed by atoms with Gasteiger partial charge in [0.25, 0.3) is 0 Å². The van der Waals surface area contributed by atoms with E-state index in [1.165, 1.54) is 5.56 Å². The fourth-order valence-corrected chi connectivity index (χ4v) is 2.15. The summed E-state index contributed by atoms with van der Waals surface area (Å²) in [7, 11) is 0. The predicted octanol–water partition coefficient (Wildman–Crippen LogP) is 3.05. The lowest BCUT2D eigenvalue weighted by atomic mass is 10.2. The summed E-state index contributed by atoms with van der Waals surface area (Å²) in [5.41, 5.74) is 2.98. The number of hydrogen-bond donors (Lipinski definition) is 0. The molecule has 0 atom stereocenters. The maximum absolute atomic E-state index is 11.6. The lowest BCUT2D eigenvalue weighted by molar-refractivity contribution is -0.144. The van der Waals surface area contributed by atoms with Gasteiger partial charge in [-0.3, -0.25) is 4.79 Å². The quantitative estimate of drug-likeness (QED) is 0.794. The molecule has 0 aliphatic heterocycles. The van der Waals surface area contributed by atoms with Crippen molar-refractivity contribution in [2.24, 2.45) is 0 Å². The molecule has 18 heavy (non-hydrogen) atoms. The Labute approximate surface area is 110 Å². The summed E-state index contributed by atoms with van der Waals surface area (Å²) in [5, 5.41) is 2.86. The van der Waals surface area contributed by atoms with E-state index in [0.717, 1.165) is 16.3 Å². The van der Waals surface area contributed by atoms with Gasteiger partial charge in [-0.15, -0.1) is 11.3 Å². The van der Waals surface area contributed by atoms with Crippen LogP contribution < -0.4 is 0 Å². The van der Waals surface area contributed by atoms with Gasteiger partial charge in [0.15, 0.2) is 0 Å². The molecule has 0 saturated heterocycles. The van der Waals surface area contributed by atoms with E-state index in [0.29, 0.717) is 6.61 Å². The third-order valence-electron chi connectivity index (χ3n) is 2.51. The van der Waals surface area contributed by atoms with Gasteiger partial charge < -0.3 is 4.74 Å². The summed E-state index contributed by atoms with van der Waals surface area (Å²) in [6.07, 6.45) is 0.246. The number of nitrogens with zero attached hydrogens (tertiary/aromatic N) is 1. The number of hydrogen-bond acceptors (Lipinski definition) is 4. The highest BCUT2D eigenvalue weighted by Crippen LogP contribution is 2.10. The molecule has 94 valence electrons. The molecular formula is C14H15NO2S. The van der Waals surface area contributed by atoms with Crippen LogP contribution in [0.3, 0.4) is 0 Å². The summed E-state index contributed by atoms with van der Waals surface area (Å²) >= 11 is 1.54. The van der Waals surface area contributed by atoms with Crippen molar-refractivity contribution in [3.05, 3.63) is 51.5 Å². The standard InChI is InChI=1S/C14H15NO2S/c1-10-3-5-12(6-4-10)8-17-14(16)7-13-9-18-11(2)15-13/h3-6,9H,7-8H2,1-2H3. The van der Waals surface area contributed by atoms with Gasteiger partial charge in [0.1, 0.15) is 6.61 Å². The molecule has 0 N–H and O–H groups in total. The third kappa shape index (κ3) is 3.67. The van der Waals surface area contributed by atoms with Gasteiger partial charge >= 0.3 is 5.97 Å². The van der Waals surface area contributed by atoms with Gasteiger partial charge in [0, 0.05) is 5.38 Å². The molecule has 0 radical (unpaired) electrons. The number of benzene rings is 1. The van der Waals surface area contributed by atoms with Gasteiger partial charge in [-0.05, 0) is 19.4 Å². The van der Waals surface area contributed by atoms with Crippen molar-refractivity contribution in [1.82, 2.24) is 4.98 Å². The largest absolute Gasteiger partial charge is 0.461 e. The van der Waals surface area contributed by atoms with Crippen LogP contribution in [-0.2, 0) is 22.6 Å². The molecule has 0 bridgehead atoms. The Hall–Kier alpha value is -1.68. The highest BCUT2D eigenvalue weighted by Gasteiger charge is 2.07. The number of esters is 1. The van der Waals surface area contributed by atoms with Gasteiger partial charge in [-0.25, -0.2) is 4.98 Å². The van der Waals surface area contributed by atoms with Gasteiger partial charge in [0.05, 0.1) is 17.1 Å². The SMILES string of the molecule is Cc1ccc(COC(=O)Cc2csc(C)n2)cc1. The minimum absolute atomic E-state index is 0.235. The molecule has 1 aromatic carbocycles. The summed E-state index contributed by atoms with van der Waals surface area (Å²) in [6, 6.07) is 7.95. The Kier molecular flexibility index (Phi) is 4.10. The zero-order valence-electron chi connectivity index (χ0n) is 10.5. The van der Waals surface area contributed by atoms with Crippen LogP contribution in [0.25, 0.3) is 0 Å². The minimum atomic E-state index is -0.235. The fourth-order valence-electron chi connectivity index (χ4n) is 1.54. The molecule has 0 amide bonds. The van der Waals surface area contributed by atoms with E-state index in [4.69, 9.17) is 4.74 Å². The van der Waals surface area contributed by atoms with E-state index in [2.05, 4.69) is 4.98 Å². The molecule has 0 unspecified atom stereocenters. The van der Waals surface area contributed by atoms with Crippen molar-refractivity contribution in [2.75, 3.05) is 0 Å². The molecule has 0 spiro atoms. The second kappa shape index (κ2) is 5.78. The predicted molar refractivity (Wildman–Crippen MR) is 71.5 cm³/mol. The number of aromatic nitrogens is 1. The van der Waals surface area contributed by atoms with Crippen molar-refractivity contribution < 1.29 is 9.53 Å². The van der Waals surface area contributed by atoms with E-state index in [-0.39, 0.29) is 12.4 Å². The molecule has 0 aliphatic carbocycles. The second-order valence-corrected chi connectivity index (χ2v) is 5.24. The maximum Gasteiger partial charge on any atom is 0.312 e. The van der Waals surface area contributed by atoms with Crippen LogP contribution in [-0.4, -0.2) is 11.0 Å². The van der Waals surface area contributed by atoms with Crippen LogP contribution >= 0.6 is 11.3 Å². The lowest BCUT2D eigenvalue weighted by Crippen LogP contribution is -2.08. The van der Waals surface area contributed by atoms with E-state index < -0.39 is 0 Å². The molecular weight excluding hydrogens is 246 g/mol. The monoisotopic (exact) mass is 261 g/mol. The zero-order valence-corrected chi connectivity index (χ0v) is 11.3. The fraction of sp³-hybridized carbons (Fsp3) is 0.286. The van der Waals surface area contributed by atoms with E-state index in [1.807, 2.05) is 43.5 Å². The van der Waals surface area contributed by atoms with E-state index >= 15 is 0 Å². The Morgan fingerprint density at radius 1 is 1.28 bits per heavy atom. The normalized spacial score (nSPS) is 10.3. The summed E-state index contributed by atoms with van der Waals surface area (Å²) in [6.45, 7) is 4.27. The number of carbonyl (C=O) groups is 1. The van der Waals surface area contributed by atoms with Crippen LogP contribution in [0.2, 0.25) is 0 Å². The molecule has 2 aromatic rings. The topological polar surface area (TPSA) is 39.2 Å². The molecule has 0 fully saturated rings. The molecule has 2 rings (SSSR count). The smallest absolute Gasteiger partial charge is 0.312 e. The first-order chi connectivity index (χ1) is 8.63. The number of aryl methyl sites for hydroxylation is 2. The Bertz CT molecular complexity index is 531. The second-order valence-electron chi connectivity index (χ2n) is 4.18. The minimum Gasteiger partial charge on any atom is -0.461 e. The molecule has 0 aliphatic rings. The Morgan fingerprint density at radius 2 is 2.00 bits per heavy atom. The van der Waals surface area contributed by atoms with Gasteiger partial charge in [-0.2, -0.15) is 0 Å². The first kappa shape index (κ1) is 12.8. The average Bonchev–Trinajstić information content (AvgIpc) is 2.74. The van der Waals surface area contributed by atoms with Crippen LogP contribution in [0.15, 0.2) is 29.6 Å². The molecule has 3 nitrogen and oxygen atoms in total. The number of ether oxygens (including phenoxy) is 1. The first-order valence-electron chi connectivity index (χ1n) is 5.75. The highest BCUT2D eigenvalue weighted by molar-refractivity contribution is 7.09. The van der Waals surface area contributed by atoms with Crippen molar-refractivity contribution in [3.8, 4) is 0 Å². The molecule has 1 heterocycles. The molecule has 1 aromatic heterocycles. The van der Waals surface area contributed by atoms with Crippen molar-refractivity contribution in [2.45, 2.75) is 26.9 Å². The van der Waals surface area contributed by atoms with Crippen LogP contribution in [0.1, 0.15) is 21.8 Å². The average molecular weight is 261 g/mol. The maximum atomic E-state index is 11.6. The van der Waals surface area contributed by atoms with Crippen LogP contribution in [0.4, 0.5) is 0 Å². The summed E-state index contributed by atoms with van der Waals surface area (Å²) in [4.78, 5) is 15.8. The molecule has 0 saturated carbocycles. The zero-order chi connectivity index (χ0) is 13.0. The Morgan fingerprint density at radius 3 is 2.61 bits per heavy atom. The molecule has 4 heteroatoms. The van der Waals surface area contributed by atoms with Crippen LogP contribution in [0.5, 0.6) is 0 Å². The van der Waals surface area contributed by atoms with Crippen molar-refractivity contribution in [1.29, 1.82) is 0 Å². The number of rotatable bonds is 4. The van der Waals surface area contributed by atoms with Crippen molar-refractivity contribution >= 4 is 17.3 Å². The lowest BCUT2D eigenvalue weighted by Gasteiger charge is -2.04.